The second-order valence-corrected chi connectivity index (χ2v) is 8.03. The molecule has 2 aromatic rings. The van der Waals surface area contributed by atoms with Gasteiger partial charge in [-0.1, -0.05) is 23.8 Å². The molecule has 0 N–H and O–H groups in total. The molecular formula is C22H31N5O. The van der Waals surface area contributed by atoms with Crippen molar-refractivity contribution in [2.75, 3.05) is 56.2 Å². The van der Waals surface area contributed by atoms with Crippen molar-refractivity contribution in [3.63, 3.8) is 0 Å². The van der Waals surface area contributed by atoms with E-state index in [0.29, 0.717) is 6.04 Å². The van der Waals surface area contributed by atoms with Crippen molar-refractivity contribution in [2.24, 2.45) is 0 Å². The highest BCUT2D eigenvalue weighted by Gasteiger charge is 2.27. The summed E-state index contributed by atoms with van der Waals surface area (Å²) in [5.41, 5.74) is 4.16. The third-order valence-corrected chi connectivity index (χ3v) is 5.97. The molecule has 0 spiro atoms. The fourth-order valence-electron chi connectivity index (χ4n) is 4.17. The van der Waals surface area contributed by atoms with E-state index in [4.69, 9.17) is 9.72 Å². The van der Waals surface area contributed by atoms with Crippen LogP contribution in [-0.4, -0.2) is 67.4 Å². The van der Waals surface area contributed by atoms with Gasteiger partial charge in [0.05, 0.1) is 13.2 Å². The van der Waals surface area contributed by atoms with Crippen LogP contribution in [0.25, 0.3) is 0 Å². The minimum Gasteiger partial charge on any atom is -0.378 e. The molecule has 1 atom stereocenters. The minimum absolute atomic E-state index is 0.484. The van der Waals surface area contributed by atoms with Gasteiger partial charge < -0.3 is 14.5 Å². The molecule has 2 fully saturated rings. The molecular weight excluding hydrogens is 350 g/mol. The van der Waals surface area contributed by atoms with Gasteiger partial charge in [0.2, 0.25) is 5.95 Å². The Bertz CT molecular complexity index is 805. The molecule has 3 heterocycles. The molecule has 0 bridgehead atoms. The van der Waals surface area contributed by atoms with Crippen LogP contribution in [0.1, 0.15) is 23.1 Å². The Morgan fingerprint density at radius 2 is 1.96 bits per heavy atom. The van der Waals surface area contributed by atoms with Gasteiger partial charge in [0.1, 0.15) is 5.82 Å². The first-order valence-corrected chi connectivity index (χ1v) is 10.3. The highest BCUT2D eigenvalue weighted by Crippen LogP contribution is 2.23. The number of likely N-dealkylation sites (N-methyl/N-ethyl adjacent to an activating group) is 1. The highest BCUT2D eigenvalue weighted by molar-refractivity contribution is 5.44. The van der Waals surface area contributed by atoms with Crippen LogP contribution in [0.2, 0.25) is 0 Å². The first-order chi connectivity index (χ1) is 13.6. The molecule has 1 unspecified atom stereocenters. The number of hydrogen-bond acceptors (Lipinski definition) is 6. The number of aromatic nitrogens is 2. The first kappa shape index (κ1) is 19.2. The Morgan fingerprint density at radius 3 is 2.75 bits per heavy atom. The lowest BCUT2D eigenvalue weighted by Gasteiger charge is -2.29. The largest absolute Gasteiger partial charge is 0.378 e. The average molecular weight is 382 g/mol. The summed E-state index contributed by atoms with van der Waals surface area (Å²) in [6.45, 7) is 10.8. The number of hydrogen-bond donors (Lipinski definition) is 0. The van der Waals surface area contributed by atoms with Gasteiger partial charge in [-0.15, -0.1) is 0 Å². The number of ether oxygens (including phenoxy) is 1. The van der Waals surface area contributed by atoms with Crippen LogP contribution in [0.5, 0.6) is 0 Å². The van der Waals surface area contributed by atoms with Gasteiger partial charge >= 0.3 is 0 Å². The summed E-state index contributed by atoms with van der Waals surface area (Å²) >= 11 is 0. The number of aryl methyl sites for hydroxylation is 2. The SMILES string of the molecule is Cc1ccc(CN2CCC(N(C)c3ccnc(N4CCOCC4)n3)C2)c(C)c1. The summed E-state index contributed by atoms with van der Waals surface area (Å²) < 4.78 is 5.44. The van der Waals surface area contributed by atoms with E-state index in [2.05, 4.69) is 58.8 Å². The van der Waals surface area contributed by atoms with Gasteiger partial charge in [-0.05, 0) is 37.5 Å². The zero-order valence-corrected chi connectivity index (χ0v) is 17.3. The van der Waals surface area contributed by atoms with Crippen molar-refractivity contribution in [3.05, 3.63) is 47.2 Å². The number of rotatable bonds is 5. The van der Waals surface area contributed by atoms with Gasteiger partial charge in [-0.25, -0.2) is 4.98 Å². The quantitative estimate of drug-likeness (QED) is 0.793. The summed E-state index contributed by atoms with van der Waals surface area (Å²) in [7, 11) is 2.16. The summed E-state index contributed by atoms with van der Waals surface area (Å²) in [5, 5.41) is 0. The number of nitrogens with zero attached hydrogens (tertiary/aromatic N) is 5. The number of morpholine rings is 1. The topological polar surface area (TPSA) is 44.7 Å². The van der Waals surface area contributed by atoms with Crippen molar-refractivity contribution < 1.29 is 4.74 Å². The van der Waals surface area contributed by atoms with Crippen molar-refractivity contribution in [1.29, 1.82) is 0 Å². The maximum atomic E-state index is 5.44. The van der Waals surface area contributed by atoms with Crippen LogP contribution in [0.15, 0.2) is 30.5 Å². The summed E-state index contributed by atoms with van der Waals surface area (Å²) in [4.78, 5) is 16.4. The Hall–Kier alpha value is -2.18. The smallest absolute Gasteiger partial charge is 0.227 e. The van der Waals surface area contributed by atoms with Crippen molar-refractivity contribution in [2.45, 2.75) is 32.9 Å². The molecule has 2 aliphatic heterocycles. The maximum Gasteiger partial charge on any atom is 0.227 e. The third kappa shape index (κ3) is 4.28. The maximum absolute atomic E-state index is 5.44. The minimum atomic E-state index is 0.484. The number of benzene rings is 1. The van der Waals surface area contributed by atoms with Gasteiger partial charge in [0.25, 0.3) is 0 Å². The zero-order chi connectivity index (χ0) is 19.5. The molecule has 2 saturated heterocycles. The van der Waals surface area contributed by atoms with E-state index >= 15 is 0 Å². The van der Waals surface area contributed by atoms with E-state index in [1.807, 2.05) is 12.3 Å². The van der Waals surface area contributed by atoms with Gasteiger partial charge in [-0.3, -0.25) is 4.90 Å². The second-order valence-electron chi connectivity index (χ2n) is 8.03. The van der Waals surface area contributed by atoms with Crippen LogP contribution in [-0.2, 0) is 11.3 Å². The number of anilines is 2. The molecule has 0 amide bonds. The van der Waals surface area contributed by atoms with Crippen LogP contribution < -0.4 is 9.80 Å². The van der Waals surface area contributed by atoms with E-state index in [1.54, 1.807) is 0 Å². The highest BCUT2D eigenvalue weighted by atomic mass is 16.5. The van der Waals surface area contributed by atoms with Gasteiger partial charge in [-0.2, -0.15) is 4.98 Å². The molecule has 150 valence electrons. The van der Waals surface area contributed by atoms with E-state index in [1.165, 1.54) is 16.7 Å². The van der Waals surface area contributed by atoms with E-state index in [9.17, 15) is 0 Å². The lowest BCUT2D eigenvalue weighted by Crippen LogP contribution is -2.38. The van der Waals surface area contributed by atoms with Crippen molar-refractivity contribution >= 4 is 11.8 Å². The van der Waals surface area contributed by atoms with Crippen molar-refractivity contribution in [3.8, 4) is 0 Å². The van der Waals surface area contributed by atoms with Crippen LogP contribution >= 0.6 is 0 Å². The monoisotopic (exact) mass is 381 g/mol. The van der Waals surface area contributed by atoms with Crippen LogP contribution in [0, 0.1) is 13.8 Å². The molecule has 0 saturated carbocycles. The Balaban J connectivity index is 1.39. The second kappa shape index (κ2) is 8.45. The molecule has 1 aromatic carbocycles. The molecule has 6 heteroatoms. The average Bonchev–Trinajstić information content (AvgIpc) is 3.19. The predicted octanol–water partition coefficient (Wildman–Crippen LogP) is 2.64. The van der Waals surface area contributed by atoms with Crippen LogP contribution in [0.4, 0.5) is 11.8 Å². The molecule has 0 radical (unpaired) electrons. The van der Waals surface area contributed by atoms with E-state index < -0.39 is 0 Å². The molecule has 2 aliphatic rings. The van der Waals surface area contributed by atoms with Gasteiger partial charge in [0, 0.05) is 52.0 Å². The van der Waals surface area contributed by atoms with E-state index in [0.717, 1.165) is 64.1 Å². The molecule has 4 rings (SSSR count). The first-order valence-electron chi connectivity index (χ1n) is 10.3. The van der Waals surface area contributed by atoms with E-state index in [-0.39, 0.29) is 0 Å². The number of likely N-dealkylation sites (tertiary alicyclic amines) is 1. The molecule has 0 aliphatic carbocycles. The Labute approximate surface area is 168 Å². The Morgan fingerprint density at radius 1 is 1.14 bits per heavy atom. The standard InChI is InChI=1S/C22H31N5O/c1-17-4-5-19(18(2)14-17)15-26-9-7-20(16-26)25(3)21-6-8-23-22(24-21)27-10-12-28-13-11-27/h4-6,8,14,20H,7,9-13,15-16H2,1-3H3. The van der Waals surface area contributed by atoms with Crippen molar-refractivity contribution in [1.82, 2.24) is 14.9 Å². The normalized spacial score (nSPS) is 20.5. The summed E-state index contributed by atoms with van der Waals surface area (Å²) in [6, 6.07) is 9.29. The molecule has 1 aromatic heterocycles. The summed E-state index contributed by atoms with van der Waals surface area (Å²) in [5.74, 6) is 1.83. The zero-order valence-electron chi connectivity index (χ0n) is 17.3. The third-order valence-electron chi connectivity index (χ3n) is 5.97. The molecule has 28 heavy (non-hydrogen) atoms. The molecule has 6 nitrogen and oxygen atoms in total. The lowest BCUT2D eigenvalue weighted by molar-refractivity contribution is 0.122. The predicted molar refractivity (Wildman–Crippen MR) is 113 cm³/mol. The fourth-order valence-corrected chi connectivity index (χ4v) is 4.17. The summed E-state index contributed by atoms with van der Waals surface area (Å²) in [6.07, 6.45) is 3.05. The van der Waals surface area contributed by atoms with Crippen LogP contribution in [0.3, 0.4) is 0 Å². The Kier molecular flexibility index (Phi) is 5.78. The fraction of sp³-hybridized carbons (Fsp3) is 0.545. The van der Waals surface area contributed by atoms with Gasteiger partial charge in [0.15, 0.2) is 0 Å². The lowest BCUT2D eigenvalue weighted by atomic mass is 10.1.